The lowest BCUT2D eigenvalue weighted by molar-refractivity contribution is -0.870. The summed E-state index contributed by atoms with van der Waals surface area (Å²) in [5, 5.41) is 13.8. The third kappa shape index (κ3) is 56.2. The second-order valence-corrected chi connectivity index (χ2v) is 23.9. The minimum Gasteiger partial charge on any atom is -0.387 e. The first kappa shape index (κ1) is 70.5. The summed E-state index contributed by atoms with van der Waals surface area (Å²) in [5.41, 5.74) is 0. The molecule has 0 saturated heterocycles. The van der Waals surface area contributed by atoms with E-state index >= 15 is 0 Å². The van der Waals surface area contributed by atoms with Crippen molar-refractivity contribution >= 4 is 13.7 Å². The molecule has 8 nitrogen and oxygen atoms in total. The number of nitrogens with zero attached hydrogens (tertiary/aromatic N) is 1. The summed E-state index contributed by atoms with van der Waals surface area (Å²) in [6, 6.07) is -0.860. The van der Waals surface area contributed by atoms with Crippen LogP contribution in [0.2, 0.25) is 0 Å². The molecule has 0 saturated carbocycles. The van der Waals surface area contributed by atoms with Gasteiger partial charge in [-0.25, -0.2) is 4.57 Å². The van der Waals surface area contributed by atoms with Crippen LogP contribution in [0.15, 0.2) is 48.6 Å². The predicted octanol–water partition coefficient (Wildman–Crippen LogP) is 19.1. The Kier molecular flexibility index (Phi) is 53.1. The summed E-state index contributed by atoms with van der Waals surface area (Å²) in [7, 11) is 1.56. The summed E-state index contributed by atoms with van der Waals surface area (Å²) in [6.07, 6.45) is 72.7. The highest BCUT2D eigenvalue weighted by Crippen LogP contribution is 2.43. The van der Waals surface area contributed by atoms with Gasteiger partial charge < -0.3 is 19.8 Å². The standard InChI is InChI=1S/C63H121N2O6P/c1-6-8-10-12-14-16-18-19-20-21-22-23-24-25-26-27-28-29-30-31-32-33-34-35-36-37-38-39-40-41-42-43-44-45-47-49-51-53-55-57-63(67)64-61(60-71-72(68,69)70-59-58-65(3,4)5)62(66)56-54-52-50-48-46-17-15-13-11-9-7-2/h18-19,21-22,46,48,54,56,61-62,66H,6-17,20,23-45,47,49-53,55,57-60H2,1-5H3,(H-,64,67,68,69)/p+1/b19-18-,22-21-,48-46+,56-54+. The molecule has 0 aliphatic rings. The molecule has 9 heteroatoms. The first-order chi connectivity index (χ1) is 35.0. The van der Waals surface area contributed by atoms with Crippen LogP contribution in [-0.4, -0.2) is 73.4 Å². The molecule has 3 atom stereocenters. The zero-order chi connectivity index (χ0) is 52.7. The van der Waals surface area contributed by atoms with Gasteiger partial charge in [0.2, 0.25) is 5.91 Å². The second-order valence-electron chi connectivity index (χ2n) is 22.4. The Morgan fingerprint density at radius 1 is 0.472 bits per heavy atom. The van der Waals surface area contributed by atoms with Gasteiger partial charge in [-0.1, -0.05) is 274 Å². The number of aliphatic hydroxyl groups excluding tert-OH is 1. The fourth-order valence-corrected chi connectivity index (χ4v) is 9.89. The number of likely N-dealkylation sites (N-methyl/N-ethyl adjacent to an activating group) is 1. The van der Waals surface area contributed by atoms with Gasteiger partial charge in [-0.15, -0.1) is 0 Å². The van der Waals surface area contributed by atoms with Crippen molar-refractivity contribution in [1.29, 1.82) is 0 Å². The van der Waals surface area contributed by atoms with Crippen molar-refractivity contribution in [2.75, 3.05) is 40.9 Å². The third-order valence-corrected chi connectivity index (χ3v) is 15.0. The van der Waals surface area contributed by atoms with Gasteiger partial charge in [-0.3, -0.25) is 13.8 Å². The molecule has 0 radical (unpaired) electrons. The topological polar surface area (TPSA) is 105 Å². The number of nitrogens with one attached hydrogen (secondary N) is 1. The number of unbranched alkanes of at least 4 members (excludes halogenated alkanes) is 38. The fraction of sp³-hybridized carbons (Fsp3) is 0.857. The first-order valence-corrected chi connectivity index (χ1v) is 32.5. The van der Waals surface area contributed by atoms with E-state index in [4.69, 9.17) is 9.05 Å². The van der Waals surface area contributed by atoms with Gasteiger partial charge in [0.1, 0.15) is 13.2 Å². The van der Waals surface area contributed by atoms with Crippen LogP contribution < -0.4 is 5.32 Å². The Labute approximate surface area is 448 Å². The van der Waals surface area contributed by atoms with E-state index in [0.29, 0.717) is 17.4 Å². The molecule has 0 aromatic heterocycles. The van der Waals surface area contributed by atoms with Crippen molar-refractivity contribution in [1.82, 2.24) is 5.32 Å². The van der Waals surface area contributed by atoms with Gasteiger partial charge in [0.15, 0.2) is 0 Å². The number of allylic oxidation sites excluding steroid dienone is 7. The molecule has 424 valence electrons. The van der Waals surface area contributed by atoms with E-state index in [0.717, 1.165) is 44.9 Å². The lowest BCUT2D eigenvalue weighted by atomic mass is 10.0. The van der Waals surface area contributed by atoms with Gasteiger partial charge >= 0.3 is 7.82 Å². The summed E-state index contributed by atoms with van der Waals surface area (Å²) in [4.78, 5) is 23.2. The summed E-state index contributed by atoms with van der Waals surface area (Å²) < 4.78 is 23.6. The number of hydrogen-bond donors (Lipinski definition) is 3. The number of carbonyl (C=O) groups excluding carboxylic acids is 1. The predicted molar refractivity (Wildman–Crippen MR) is 314 cm³/mol. The number of carbonyl (C=O) groups is 1. The van der Waals surface area contributed by atoms with Crippen molar-refractivity contribution in [2.24, 2.45) is 0 Å². The minimum absolute atomic E-state index is 0.0571. The molecule has 0 aliphatic heterocycles. The Morgan fingerprint density at radius 2 is 0.806 bits per heavy atom. The van der Waals surface area contributed by atoms with E-state index in [1.165, 1.54) is 231 Å². The van der Waals surface area contributed by atoms with Crippen molar-refractivity contribution in [3.8, 4) is 0 Å². The van der Waals surface area contributed by atoms with Crippen LogP contribution in [0.25, 0.3) is 0 Å². The number of hydrogen-bond acceptors (Lipinski definition) is 5. The molecule has 0 bridgehead atoms. The van der Waals surface area contributed by atoms with E-state index in [-0.39, 0.29) is 19.1 Å². The average Bonchev–Trinajstić information content (AvgIpc) is 3.34. The highest BCUT2D eigenvalue weighted by molar-refractivity contribution is 7.47. The maximum absolute atomic E-state index is 12.9. The van der Waals surface area contributed by atoms with E-state index in [1.54, 1.807) is 6.08 Å². The maximum atomic E-state index is 12.9. The molecule has 3 unspecified atom stereocenters. The quantitative estimate of drug-likeness (QED) is 0.0243. The van der Waals surface area contributed by atoms with Crippen molar-refractivity contribution in [3.05, 3.63) is 48.6 Å². The minimum atomic E-state index is -4.35. The third-order valence-electron chi connectivity index (χ3n) is 14.0. The number of aliphatic hydroxyl groups is 1. The maximum Gasteiger partial charge on any atom is 0.472 e. The van der Waals surface area contributed by atoms with Crippen molar-refractivity contribution in [3.63, 3.8) is 0 Å². The zero-order valence-electron chi connectivity index (χ0n) is 48.4. The molecule has 0 spiro atoms. The van der Waals surface area contributed by atoms with E-state index in [9.17, 15) is 19.4 Å². The molecule has 0 aliphatic carbocycles. The van der Waals surface area contributed by atoms with Gasteiger partial charge in [0, 0.05) is 6.42 Å². The number of phosphoric acid groups is 1. The monoisotopic (exact) mass is 1030 g/mol. The molecular weight excluding hydrogens is 912 g/mol. The number of phosphoric ester groups is 1. The molecule has 0 fully saturated rings. The Balaban J connectivity index is 3.84. The molecular formula is C63H122N2O6P+. The molecule has 1 amide bonds. The summed E-state index contributed by atoms with van der Waals surface area (Å²) in [5.74, 6) is -0.184. The van der Waals surface area contributed by atoms with Crippen molar-refractivity contribution < 1.29 is 32.9 Å². The smallest absolute Gasteiger partial charge is 0.387 e. The van der Waals surface area contributed by atoms with Gasteiger partial charge in [0.05, 0.1) is 39.9 Å². The van der Waals surface area contributed by atoms with Crippen LogP contribution in [0.5, 0.6) is 0 Å². The van der Waals surface area contributed by atoms with E-state index < -0.39 is 20.0 Å². The molecule has 0 rings (SSSR count). The number of quaternary nitrogens is 1. The molecule has 0 aromatic carbocycles. The molecule has 0 heterocycles. The summed E-state index contributed by atoms with van der Waals surface area (Å²) >= 11 is 0. The van der Waals surface area contributed by atoms with Crippen LogP contribution in [-0.2, 0) is 18.4 Å². The lowest BCUT2D eigenvalue weighted by Crippen LogP contribution is -2.45. The van der Waals surface area contributed by atoms with Crippen LogP contribution in [0.1, 0.15) is 296 Å². The highest BCUT2D eigenvalue weighted by atomic mass is 31.2. The van der Waals surface area contributed by atoms with E-state index in [1.807, 2.05) is 27.2 Å². The Hall–Kier alpha value is -1.54. The second kappa shape index (κ2) is 54.3. The number of rotatable bonds is 57. The zero-order valence-corrected chi connectivity index (χ0v) is 49.3. The van der Waals surface area contributed by atoms with Crippen LogP contribution in [0.4, 0.5) is 0 Å². The Morgan fingerprint density at radius 3 is 1.19 bits per heavy atom. The largest absolute Gasteiger partial charge is 0.472 e. The van der Waals surface area contributed by atoms with Crippen LogP contribution in [0, 0.1) is 0 Å². The van der Waals surface area contributed by atoms with Gasteiger partial charge in [0.25, 0.3) is 0 Å². The summed E-state index contributed by atoms with van der Waals surface area (Å²) in [6.45, 7) is 4.78. The van der Waals surface area contributed by atoms with Gasteiger partial charge in [-0.2, -0.15) is 0 Å². The highest BCUT2D eigenvalue weighted by Gasteiger charge is 2.27. The SMILES string of the molecule is CCCCCCC/C=C\C/C=C\CCCCCCCCCCCCCCCCCCCCCCCCCCCCCC(=O)NC(COP(=O)(O)OCC[N+](C)(C)C)C(O)/C=C/CC/C=C/CCCCCCC. The van der Waals surface area contributed by atoms with Crippen LogP contribution >= 0.6 is 7.82 Å². The van der Waals surface area contributed by atoms with Crippen molar-refractivity contribution in [2.45, 2.75) is 309 Å². The first-order valence-electron chi connectivity index (χ1n) is 31.0. The Bertz CT molecular complexity index is 1310. The van der Waals surface area contributed by atoms with Crippen LogP contribution in [0.3, 0.4) is 0 Å². The van der Waals surface area contributed by atoms with E-state index in [2.05, 4.69) is 55.6 Å². The molecule has 3 N–H and O–H groups in total. The lowest BCUT2D eigenvalue weighted by Gasteiger charge is -2.25. The normalized spacial score (nSPS) is 14.2. The fourth-order valence-electron chi connectivity index (χ4n) is 9.15. The molecule has 0 aromatic rings. The van der Waals surface area contributed by atoms with Gasteiger partial charge in [-0.05, 0) is 64.2 Å². The number of amides is 1. The average molecular weight is 1030 g/mol. The molecule has 72 heavy (non-hydrogen) atoms.